The van der Waals surface area contributed by atoms with E-state index in [-0.39, 0.29) is 17.3 Å². The summed E-state index contributed by atoms with van der Waals surface area (Å²) in [6.45, 7) is 0. The fourth-order valence-electron chi connectivity index (χ4n) is 1.17. The molecule has 0 aliphatic carbocycles. The zero-order valence-corrected chi connectivity index (χ0v) is 7.44. The fourth-order valence-corrected chi connectivity index (χ4v) is 1.59. The molecule has 64 valence electrons. The fraction of sp³-hybridized carbons (Fsp3) is 0.125. The third-order valence-electron chi connectivity index (χ3n) is 1.72. The van der Waals surface area contributed by atoms with Crippen molar-refractivity contribution in [3.05, 3.63) is 35.4 Å². The van der Waals surface area contributed by atoms with Crippen molar-refractivity contribution in [1.29, 1.82) is 0 Å². The Balaban J connectivity index is 0.000000720. The molecule has 1 aliphatic heterocycles. The summed E-state index contributed by atoms with van der Waals surface area (Å²) >= 11 is 0. The van der Waals surface area contributed by atoms with Crippen LogP contribution in [0.1, 0.15) is 21.8 Å². The molecule has 2 atom stereocenters. The molecule has 0 saturated carbocycles. The van der Waals surface area contributed by atoms with Gasteiger partial charge in [0.2, 0.25) is 0 Å². The number of hydrogen-bond donors (Lipinski definition) is 0. The predicted octanol–water partition coefficient (Wildman–Crippen LogP) is 0.906. The molecule has 12 heavy (non-hydrogen) atoms. The third kappa shape index (κ3) is 1.22. The number of benzene rings is 1. The number of rotatable bonds is 0. The molecule has 2 N–H and O–H groups in total. The molecule has 0 amide bonds. The van der Waals surface area contributed by atoms with E-state index in [9.17, 15) is 4.79 Å². The second kappa shape index (κ2) is 3.21. The van der Waals surface area contributed by atoms with Crippen molar-refractivity contribution >= 4 is 15.2 Å². The summed E-state index contributed by atoms with van der Waals surface area (Å²) < 4.78 is 4.96. The monoisotopic (exact) mass is 184 g/mol. The molecular weight excluding hydrogens is 175 g/mol. The van der Waals surface area contributed by atoms with Crippen molar-refractivity contribution in [3.8, 4) is 0 Å². The summed E-state index contributed by atoms with van der Waals surface area (Å²) in [7, 11) is 2.48. The van der Waals surface area contributed by atoms with E-state index in [2.05, 4.69) is 9.24 Å². The Hall–Kier alpha value is -0.920. The Morgan fingerprint density at radius 1 is 1.33 bits per heavy atom. The van der Waals surface area contributed by atoms with Crippen molar-refractivity contribution in [2.24, 2.45) is 0 Å². The first-order valence-corrected chi connectivity index (χ1v) is 4.01. The highest BCUT2D eigenvalue weighted by Gasteiger charge is 2.26. The van der Waals surface area contributed by atoms with Crippen LogP contribution in [0.5, 0.6) is 0 Å². The van der Waals surface area contributed by atoms with Gasteiger partial charge < -0.3 is 10.2 Å². The van der Waals surface area contributed by atoms with E-state index in [0.29, 0.717) is 5.56 Å². The molecule has 0 aromatic heterocycles. The number of fused-ring (bicyclic) bond motifs is 1. The van der Waals surface area contributed by atoms with Gasteiger partial charge in [-0.05, 0) is 6.07 Å². The minimum Gasteiger partial charge on any atom is -0.450 e. The zero-order valence-electron chi connectivity index (χ0n) is 6.28. The predicted molar refractivity (Wildman–Crippen MR) is 47.9 cm³/mol. The van der Waals surface area contributed by atoms with Crippen LogP contribution in [-0.4, -0.2) is 11.4 Å². The Kier molecular flexibility index (Phi) is 2.46. The van der Waals surface area contributed by atoms with E-state index in [1.165, 1.54) is 0 Å². The Bertz CT molecular complexity index is 311. The maximum absolute atomic E-state index is 11.0. The highest BCUT2D eigenvalue weighted by atomic mass is 31.0. The molecule has 4 heteroatoms. The van der Waals surface area contributed by atoms with Gasteiger partial charge >= 0.3 is 5.97 Å². The van der Waals surface area contributed by atoms with Gasteiger partial charge in [-0.25, -0.2) is 4.79 Å². The minimum absolute atomic E-state index is 0. The van der Waals surface area contributed by atoms with Gasteiger partial charge in [0, 0.05) is 5.56 Å². The first kappa shape index (κ1) is 9.17. The molecule has 1 aliphatic rings. The molecule has 1 heterocycles. The van der Waals surface area contributed by atoms with Gasteiger partial charge in [-0.3, -0.25) is 0 Å². The summed E-state index contributed by atoms with van der Waals surface area (Å²) in [5, 5.41) is 0. The van der Waals surface area contributed by atoms with Gasteiger partial charge in [0.15, 0.2) is 0 Å². The molecule has 2 unspecified atom stereocenters. The van der Waals surface area contributed by atoms with Crippen LogP contribution in [0.3, 0.4) is 0 Å². The van der Waals surface area contributed by atoms with Gasteiger partial charge in [-0.2, -0.15) is 0 Å². The standard InChI is InChI=1S/C8H7O2P.H2O/c9-7-5-3-1-2-4-6(5)8(11)10-7;/h1-4,8H,11H2;1H2. The summed E-state index contributed by atoms with van der Waals surface area (Å²) in [4.78, 5) is 11.0. The van der Waals surface area contributed by atoms with Gasteiger partial charge in [-0.1, -0.05) is 27.4 Å². The number of esters is 1. The second-order valence-electron chi connectivity index (χ2n) is 2.41. The van der Waals surface area contributed by atoms with Crippen LogP contribution in [0.2, 0.25) is 0 Å². The highest BCUT2D eigenvalue weighted by molar-refractivity contribution is 7.17. The van der Waals surface area contributed by atoms with E-state index in [0.717, 1.165) is 5.56 Å². The summed E-state index contributed by atoms with van der Waals surface area (Å²) in [5.41, 5.74) is 1.65. The number of cyclic esters (lactones) is 1. The average molecular weight is 184 g/mol. The topological polar surface area (TPSA) is 57.8 Å². The van der Waals surface area contributed by atoms with Crippen molar-refractivity contribution < 1.29 is 15.0 Å². The van der Waals surface area contributed by atoms with Crippen LogP contribution in [0.25, 0.3) is 0 Å². The first-order chi connectivity index (χ1) is 5.29. The van der Waals surface area contributed by atoms with Crippen molar-refractivity contribution in [3.63, 3.8) is 0 Å². The lowest BCUT2D eigenvalue weighted by Crippen LogP contribution is -1.92. The van der Waals surface area contributed by atoms with Gasteiger partial charge in [0.1, 0.15) is 5.85 Å². The molecule has 0 radical (unpaired) electrons. The Morgan fingerprint density at radius 2 is 2.00 bits per heavy atom. The lowest BCUT2D eigenvalue weighted by Gasteiger charge is -1.99. The lowest BCUT2D eigenvalue weighted by molar-refractivity contribution is 0.0521. The SMILES string of the molecule is O.O=C1OC(P)c2ccccc21. The number of carbonyl (C=O) groups excluding carboxylic acids is 1. The van der Waals surface area contributed by atoms with E-state index in [1.807, 2.05) is 18.2 Å². The third-order valence-corrected chi connectivity index (χ3v) is 2.22. The molecule has 0 fully saturated rings. The summed E-state index contributed by atoms with van der Waals surface area (Å²) in [5.74, 6) is -0.376. The molecule has 1 aromatic carbocycles. The van der Waals surface area contributed by atoms with Crippen molar-refractivity contribution in [2.75, 3.05) is 0 Å². The van der Waals surface area contributed by atoms with Gasteiger partial charge in [0.25, 0.3) is 0 Å². The second-order valence-corrected chi connectivity index (χ2v) is 3.02. The number of ether oxygens (including phenoxy) is 1. The Morgan fingerprint density at radius 3 is 2.67 bits per heavy atom. The molecule has 3 nitrogen and oxygen atoms in total. The smallest absolute Gasteiger partial charge is 0.339 e. The largest absolute Gasteiger partial charge is 0.450 e. The first-order valence-electron chi connectivity index (χ1n) is 3.34. The van der Waals surface area contributed by atoms with E-state index < -0.39 is 0 Å². The van der Waals surface area contributed by atoms with Crippen LogP contribution < -0.4 is 0 Å². The maximum atomic E-state index is 11.0. The van der Waals surface area contributed by atoms with E-state index >= 15 is 0 Å². The lowest BCUT2D eigenvalue weighted by atomic mass is 10.1. The highest BCUT2D eigenvalue weighted by Crippen LogP contribution is 2.34. The average Bonchev–Trinajstić information content (AvgIpc) is 2.30. The quantitative estimate of drug-likeness (QED) is 0.444. The van der Waals surface area contributed by atoms with Gasteiger partial charge in [-0.15, -0.1) is 0 Å². The minimum atomic E-state index is -0.222. The van der Waals surface area contributed by atoms with Crippen LogP contribution in [0, 0.1) is 0 Å². The van der Waals surface area contributed by atoms with Crippen LogP contribution in [0.4, 0.5) is 0 Å². The molecule has 0 bridgehead atoms. The number of hydrogen-bond acceptors (Lipinski definition) is 2. The van der Waals surface area contributed by atoms with Crippen molar-refractivity contribution in [2.45, 2.75) is 5.85 Å². The molecule has 0 saturated heterocycles. The van der Waals surface area contributed by atoms with Gasteiger partial charge in [0.05, 0.1) is 5.56 Å². The van der Waals surface area contributed by atoms with Crippen LogP contribution >= 0.6 is 9.24 Å². The Labute approximate surface area is 72.2 Å². The van der Waals surface area contributed by atoms with Crippen molar-refractivity contribution in [1.82, 2.24) is 0 Å². The molecule has 1 aromatic rings. The number of carbonyl (C=O) groups is 1. The summed E-state index contributed by atoms with van der Waals surface area (Å²) in [6.07, 6.45) is 0. The van der Waals surface area contributed by atoms with E-state index in [1.54, 1.807) is 6.07 Å². The van der Waals surface area contributed by atoms with Crippen LogP contribution in [0.15, 0.2) is 24.3 Å². The molecule has 2 rings (SSSR count). The van der Waals surface area contributed by atoms with Crippen LogP contribution in [-0.2, 0) is 4.74 Å². The normalized spacial score (nSPS) is 19.4. The van der Waals surface area contributed by atoms with E-state index in [4.69, 9.17) is 4.74 Å². The molecular formula is C8H9O3P. The zero-order chi connectivity index (χ0) is 7.84. The summed E-state index contributed by atoms with van der Waals surface area (Å²) in [6, 6.07) is 7.42. The maximum Gasteiger partial charge on any atom is 0.339 e. The molecule has 0 spiro atoms.